The van der Waals surface area contributed by atoms with Gasteiger partial charge < -0.3 is 9.84 Å². The van der Waals surface area contributed by atoms with Gasteiger partial charge in [-0.05, 0) is 55.6 Å². The second-order valence-corrected chi connectivity index (χ2v) is 6.89. The molecule has 3 nitrogen and oxygen atoms in total. The van der Waals surface area contributed by atoms with Crippen LogP contribution in [0.15, 0.2) is 12.1 Å². The number of carbonyl (C=O) groups is 1. The molecule has 1 N–H and O–H groups in total. The molecule has 0 aliphatic heterocycles. The maximum absolute atomic E-state index is 13.9. The Bertz CT molecular complexity index is 616. The lowest BCUT2D eigenvalue weighted by molar-refractivity contribution is -0.0475. The Kier molecular flexibility index (Phi) is 4.74. The molecule has 0 atom stereocenters. The van der Waals surface area contributed by atoms with Gasteiger partial charge in [0.2, 0.25) is 5.92 Å². The van der Waals surface area contributed by atoms with Crippen molar-refractivity contribution in [1.82, 2.24) is 0 Å². The van der Waals surface area contributed by atoms with E-state index in [1.54, 1.807) is 0 Å². The molecular weight excluding hydrogens is 321 g/mol. The van der Waals surface area contributed by atoms with Crippen molar-refractivity contribution >= 4 is 5.97 Å². The van der Waals surface area contributed by atoms with E-state index >= 15 is 0 Å². The first-order valence-corrected chi connectivity index (χ1v) is 8.43. The quantitative estimate of drug-likeness (QED) is 0.792. The normalized spacial score (nSPS) is 20.8. The molecule has 3 rings (SSSR count). The van der Waals surface area contributed by atoms with Crippen LogP contribution in [0, 0.1) is 11.7 Å². The number of hydrogen-bond donors (Lipinski definition) is 1. The van der Waals surface area contributed by atoms with Gasteiger partial charge in [0.15, 0.2) is 0 Å². The minimum atomic E-state index is -2.54. The average molecular weight is 342 g/mol. The monoisotopic (exact) mass is 342 g/mol. The number of ether oxygens (including phenoxy) is 1. The predicted molar refractivity (Wildman–Crippen MR) is 82.4 cm³/mol. The minimum absolute atomic E-state index is 0.0765. The van der Waals surface area contributed by atoms with E-state index in [1.807, 2.05) is 0 Å². The third kappa shape index (κ3) is 4.02. The maximum atomic E-state index is 13.9. The van der Waals surface area contributed by atoms with Crippen LogP contribution in [0.3, 0.4) is 0 Å². The van der Waals surface area contributed by atoms with Gasteiger partial charge in [0.1, 0.15) is 11.6 Å². The van der Waals surface area contributed by atoms with Gasteiger partial charge in [-0.2, -0.15) is 0 Å². The lowest BCUT2D eigenvalue weighted by Crippen LogP contribution is -2.25. The van der Waals surface area contributed by atoms with Crippen LogP contribution in [-0.2, 0) is 0 Å². The van der Waals surface area contributed by atoms with Crippen LogP contribution in [0.1, 0.15) is 66.8 Å². The zero-order chi connectivity index (χ0) is 17.3. The van der Waals surface area contributed by atoms with E-state index in [4.69, 9.17) is 9.84 Å². The fourth-order valence-electron chi connectivity index (χ4n) is 3.30. The van der Waals surface area contributed by atoms with Crippen molar-refractivity contribution < 1.29 is 27.8 Å². The number of aromatic carboxylic acids is 1. The molecule has 0 aromatic heterocycles. The van der Waals surface area contributed by atoms with E-state index in [2.05, 4.69) is 0 Å². The Morgan fingerprint density at radius 2 is 1.88 bits per heavy atom. The second-order valence-electron chi connectivity index (χ2n) is 6.89. The first-order valence-electron chi connectivity index (χ1n) is 8.43. The van der Waals surface area contributed by atoms with Crippen molar-refractivity contribution in [1.29, 1.82) is 0 Å². The Hall–Kier alpha value is -1.72. The highest BCUT2D eigenvalue weighted by molar-refractivity contribution is 5.88. The molecule has 2 saturated carbocycles. The number of hydrogen-bond acceptors (Lipinski definition) is 2. The molecule has 24 heavy (non-hydrogen) atoms. The molecule has 6 heteroatoms. The van der Waals surface area contributed by atoms with Crippen LogP contribution in [-0.4, -0.2) is 23.6 Å². The van der Waals surface area contributed by atoms with Crippen LogP contribution in [0.2, 0.25) is 0 Å². The van der Waals surface area contributed by atoms with Gasteiger partial charge in [-0.1, -0.05) is 0 Å². The van der Waals surface area contributed by atoms with Crippen LogP contribution in [0.25, 0.3) is 0 Å². The summed E-state index contributed by atoms with van der Waals surface area (Å²) in [5, 5.41) is 9.03. The lowest BCUT2D eigenvalue weighted by atomic mass is 9.85. The molecule has 2 fully saturated rings. The zero-order valence-corrected chi connectivity index (χ0v) is 13.4. The minimum Gasteiger partial charge on any atom is -0.493 e. The summed E-state index contributed by atoms with van der Waals surface area (Å²) >= 11 is 0. The summed E-state index contributed by atoms with van der Waals surface area (Å²) in [4.78, 5) is 11.1. The SMILES string of the molecule is O=C(O)c1cc(C2CC2)c(OCCC2CCC(F)(F)CC2)cc1F. The van der Waals surface area contributed by atoms with E-state index in [0.717, 1.165) is 24.5 Å². The van der Waals surface area contributed by atoms with Gasteiger partial charge in [-0.25, -0.2) is 18.0 Å². The molecule has 0 saturated heterocycles. The van der Waals surface area contributed by atoms with Crippen molar-refractivity contribution in [2.45, 2.75) is 56.8 Å². The molecule has 0 unspecified atom stereocenters. The number of alkyl halides is 2. The highest BCUT2D eigenvalue weighted by Crippen LogP contribution is 2.45. The summed E-state index contributed by atoms with van der Waals surface area (Å²) in [6.07, 6.45) is 3.36. The van der Waals surface area contributed by atoms with Crippen molar-refractivity contribution in [3.05, 3.63) is 29.1 Å². The van der Waals surface area contributed by atoms with Crippen molar-refractivity contribution in [2.24, 2.45) is 5.92 Å². The van der Waals surface area contributed by atoms with Crippen molar-refractivity contribution in [2.75, 3.05) is 6.61 Å². The Balaban J connectivity index is 1.61. The maximum Gasteiger partial charge on any atom is 0.338 e. The summed E-state index contributed by atoms with van der Waals surface area (Å²) in [6.45, 7) is 0.335. The fourth-order valence-corrected chi connectivity index (χ4v) is 3.30. The smallest absolute Gasteiger partial charge is 0.338 e. The Morgan fingerprint density at radius 1 is 1.21 bits per heavy atom. The number of carboxylic acids is 1. The summed E-state index contributed by atoms with van der Waals surface area (Å²) in [5.41, 5.74) is 0.405. The molecule has 2 aliphatic rings. The van der Waals surface area contributed by atoms with Crippen molar-refractivity contribution in [3.63, 3.8) is 0 Å². The molecule has 0 radical (unpaired) electrons. The Morgan fingerprint density at radius 3 is 2.46 bits per heavy atom. The lowest BCUT2D eigenvalue weighted by Gasteiger charge is -2.28. The molecule has 0 heterocycles. The van der Waals surface area contributed by atoms with Crippen LogP contribution in [0.5, 0.6) is 5.75 Å². The summed E-state index contributed by atoms with van der Waals surface area (Å²) in [6, 6.07) is 2.51. The summed E-state index contributed by atoms with van der Waals surface area (Å²) < 4.78 is 45.9. The van der Waals surface area contributed by atoms with E-state index < -0.39 is 17.7 Å². The number of rotatable bonds is 6. The number of halogens is 3. The van der Waals surface area contributed by atoms with Crippen molar-refractivity contribution in [3.8, 4) is 5.75 Å². The number of benzene rings is 1. The topological polar surface area (TPSA) is 46.5 Å². The average Bonchev–Trinajstić information content (AvgIpc) is 3.33. The van der Waals surface area contributed by atoms with Crippen LogP contribution < -0.4 is 4.74 Å². The molecule has 1 aromatic rings. The number of carboxylic acid groups (broad SMARTS) is 1. The highest BCUT2D eigenvalue weighted by atomic mass is 19.3. The Labute approximate surface area is 138 Å². The van der Waals surface area contributed by atoms with Gasteiger partial charge in [-0.3, -0.25) is 0 Å². The van der Waals surface area contributed by atoms with E-state index in [1.165, 1.54) is 6.07 Å². The van der Waals surface area contributed by atoms with Gasteiger partial charge in [-0.15, -0.1) is 0 Å². The molecule has 2 aliphatic carbocycles. The van der Waals surface area contributed by atoms with Gasteiger partial charge in [0, 0.05) is 18.9 Å². The van der Waals surface area contributed by atoms with Crippen LogP contribution >= 0.6 is 0 Å². The first kappa shape index (κ1) is 17.1. The molecule has 1 aromatic carbocycles. The van der Waals surface area contributed by atoms with E-state index in [0.29, 0.717) is 31.6 Å². The molecular formula is C18H21F3O3. The predicted octanol–water partition coefficient (Wildman–Crippen LogP) is 5.00. The molecule has 0 spiro atoms. The summed E-state index contributed by atoms with van der Waals surface area (Å²) in [7, 11) is 0. The third-order valence-corrected chi connectivity index (χ3v) is 4.97. The second kappa shape index (κ2) is 6.65. The third-order valence-electron chi connectivity index (χ3n) is 4.97. The first-order chi connectivity index (χ1) is 11.4. The highest BCUT2D eigenvalue weighted by Gasteiger charge is 2.35. The van der Waals surface area contributed by atoms with Crippen LogP contribution in [0.4, 0.5) is 13.2 Å². The van der Waals surface area contributed by atoms with E-state index in [9.17, 15) is 18.0 Å². The van der Waals surface area contributed by atoms with E-state index in [-0.39, 0.29) is 30.2 Å². The standard InChI is InChI=1S/C18H21F3O3/c19-15-10-16(13(12-1-2-12)9-14(15)17(22)23)24-8-5-11-3-6-18(20,21)7-4-11/h9-12H,1-8H2,(H,22,23). The molecule has 0 amide bonds. The molecule has 132 valence electrons. The molecule has 0 bridgehead atoms. The largest absolute Gasteiger partial charge is 0.493 e. The van der Waals surface area contributed by atoms with Gasteiger partial charge >= 0.3 is 5.97 Å². The fraction of sp³-hybridized carbons (Fsp3) is 0.611. The van der Waals surface area contributed by atoms with Gasteiger partial charge in [0.05, 0.1) is 12.2 Å². The van der Waals surface area contributed by atoms with Gasteiger partial charge in [0.25, 0.3) is 0 Å². The summed E-state index contributed by atoms with van der Waals surface area (Å²) in [5.74, 6) is -3.81. The zero-order valence-electron chi connectivity index (χ0n) is 13.4.